The van der Waals surface area contributed by atoms with Crippen molar-refractivity contribution in [2.45, 2.75) is 33.2 Å². The molecule has 2 N–H and O–H groups in total. The molecule has 4 nitrogen and oxygen atoms in total. The predicted octanol–water partition coefficient (Wildman–Crippen LogP) is 5.79. The summed E-state index contributed by atoms with van der Waals surface area (Å²) < 4.78 is 0.529. The largest absolute Gasteiger partial charge is 0.380 e. The Kier molecular flexibility index (Phi) is 6.48. The van der Waals surface area contributed by atoms with Crippen LogP contribution in [0.3, 0.4) is 0 Å². The van der Waals surface area contributed by atoms with Crippen LogP contribution in [0.15, 0.2) is 48.7 Å². The minimum Gasteiger partial charge on any atom is -0.380 e. The van der Waals surface area contributed by atoms with Gasteiger partial charge in [0.25, 0.3) is 5.91 Å². The first-order chi connectivity index (χ1) is 13.1. The first-order valence-electron chi connectivity index (χ1n) is 8.97. The summed E-state index contributed by atoms with van der Waals surface area (Å²) in [6.45, 7) is 4.81. The molecule has 1 heterocycles. The maximum Gasteiger partial charge on any atom is 0.255 e. The third kappa shape index (κ3) is 4.87. The summed E-state index contributed by atoms with van der Waals surface area (Å²) >= 11 is 7.30. The molecule has 0 aliphatic heterocycles. The molecule has 0 fully saturated rings. The van der Waals surface area contributed by atoms with Crippen LogP contribution in [0.25, 0.3) is 0 Å². The fourth-order valence-corrected chi connectivity index (χ4v) is 3.83. The SMILES string of the molecule is CCc1cccc(CC)c1NC(=O)c1cccc(NCc2cnc(Cl)s2)c1. The smallest absolute Gasteiger partial charge is 0.255 e. The molecule has 0 unspecified atom stereocenters. The third-order valence-corrected chi connectivity index (χ3v) is 5.47. The number of halogens is 1. The Bertz CT molecular complexity index is 916. The number of hydrogen-bond donors (Lipinski definition) is 2. The van der Waals surface area contributed by atoms with E-state index < -0.39 is 0 Å². The molecule has 0 aliphatic carbocycles. The molecule has 3 aromatic rings. The molecular weight excluding hydrogens is 378 g/mol. The molecule has 140 valence electrons. The van der Waals surface area contributed by atoms with Crippen LogP contribution < -0.4 is 10.6 Å². The van der Waals surface area contributed by atoms with Gasteiger partial charge in [0.2, 0.25) is 0 Å². The number of carbonyl (C=O) groups excluding carboxylic acids is 1. The zero-order valence-corrected chi connectivity index (χ0v) is 17.0. The van der Waals surface area contributed by atoms with Gasteiger partial charge in [0.1, 0.15) is 0 Å². The molecule has 3 rings (SSSR count). The number of anilines is 2. The van der Waals surface area contributed by atoms with Crippen molar-refractivity contribution in [3.8, 4) is 0 Å². The van der Waals surface area contributed by atoms with Gasteiger partial charge in [-0.2, -0.15) is 0 Å². The van der Waals surface area contributed by atoms with E-state index in [1.165, 1.54) is 11.3 Å². The number of carbonyl (C=O) groups is 1. The number of rotatable bonds is 7. The van der Waals surface area contributed by atoms with Crippen molar-refractivity contribution in [1.82, 2.24) is 4.98 Å². The van der Waals surface area contributed by atoms with Crippen molar-refractivity contribution in [2.75, 3.05) is 10.6 Å². The quantitative estimate of drug-likeness (QED) is 0.529. The highest BCUT2D eigenvalue weighted by molar-refractivity contribution is 7.15. The Balaban J connectivity index is 1.74. The van der Waals surface area contributed by atoms with E-state index in [1.807, 2.05) is 30.3 Å². The maximum atomic E-state index is 12.8. The Morgan fingerprint density at radius 1 is 1.11 bits per heavy atom. The van der Waals surface area contributed by atoms with E-state index in [2.05, 4.69) is 41.6 Å². The van der Waals surface area contributed by atoms with Crippen LogP contribution in [0, 0.1) is 0 Å². The van der Waals surface area contributed by atoms with Crippen LogP contribution in [0.1, 0.15) is 40.2 Å². The van der Waals surface area contributed by atoms with Gasteiger partial charge in [0.05, 0.1) is 6.54 Å². The summed E-state index contributed by atoms with van der Waals surface area (Å²) in [4.78, 5) is 17.9. The van der Waals surface area contributed by atoms with Crippen LogP contribution in [-0.4, -0.2) is 10.9 Å². The van der Waals surface area contributed by atoms with E-state index in [4.69, 9.17) is 11.6 Å². The maximum absolute atomic E-state index is 12.8. The number of hydrogen-bond acceptors (Lipinski definition) is 4. The van der Waals surface area contributed by atoms with Gasteiger partial charge in [0.15, 0.2) is 4.47 Å². The molecule has 2 aromatic carbocycles. The molecule has 0 aliphatic rings. The number of para-hydroxylation sites is 1. The summed E-state index contributed by atoms with van der Waals surface area (Å²) in [5.74, 6) is -0.102. The molecule has 0 saturated heterocycles. The van der Waals surface area contributed by atoms with E-state index in [0.717, 1.165) is 40.2 Å². The standard InChI is InChI=1S/C21H22ClN3OS/c1-3-14-7-5-8-15(4-2)19(14)25-20(26)16-9-6-10-17(11-16)23-12-18-13-24-21(22)27-18/h5-11,13,23H,3-4,12H2,1-2H3,(H,25,26). The molecule has 0 spiro atoms. The van der Waals surface area contributed by atoms with Gasteiger partial charge in [-0.05, 0) is 42.2 Å². The predicted molar refractivity (Wildman–Crippen MR) is 114 cm³/mol. The number of amides is 1. The Hall–Kier alpha value is -2.37. The van der Waals surface area contributed by atoms with Crippen LogP contribution in [0.2, 0.25) is 4.47 Å². The number of nitrogens with one attached hydrogen (secondary N) is 2. The fourth-order valence-electron chi connectivity index (χ4n) is 2.91. The van der Waals surface area contributed by atoms with Gasteiger partial charge in [-0.1, -0.05) is 49.7 Å². The molecule has 0 saturated carbocycles. The second kappa shape index (κ2) is 9.02. The summed E-state index contributed by atoms with van der Waals surface area (Å²) in [5.41, 5.74) is 4.74. The number of aromatic nitrogens is 1. The minimum atomic E-state index is -0.102. The van der Waals surface area contributed by atoms with E-state index in [-0.39, 0.29) is 5.91 Å². The van der Waals surface area contributed by atoms with Crippen molar-refractivity contribution in [2.24, 2.45) is 0 Å². The molecule has 0 atom stereocenters. The number of thiazole rings is 1. The highest BCUT2D eigenvalue weighted by Crippen LogP contribution is 2.24. The first-order valence-corrected chi connectivity index (χ1v) is 10.2. The lowest BCUT2D eigenvalue weighted by Gasteiger charge is -2.15. The molecule has 6 heteroatoms. The Morgan fingerprint density at radius 3 is 2.44 bits per heavy atom. The third-order valence-electron chi connectivity index (χ3n) is 4.35. The normalized spacial score (nSPS) is 10.6. The van der Waals surface area contributed by atoms with Crippen LogP contribution in [0.5, 0.6) is 0 Å². The molecular formula is C21H22ClN3OS. The van der Waals surface area contributed by atoms with Gasteiger partial charge in [0, 0.05) is 28.0 Å². The van der Waals surface area contributed by atoms with E-state index >= 15 is 0 Å². The van der Waals surface area contributed by atoms with E-state index in [0.29, 0.717) is 16.6 Å². The Labute approximate surface area is 168 Å². The summed E-state index contributed by atoms with van der Waals surface area (Å²) in [6, 6.07) is 13.7. The zero-order valence-electron chi connectivity index (χ0n) is 15.4. The van der Waals surface area contributed by atoms with E-state index in [1.54, 1.807) is 6.20 Å². The highest BCUT2D eigenvalue weighted by atomic mass is 35.5. The fraction of sp³-hybridized carbons (Fsp3) is 0.238. The van der Waals surface area contributed by atoms with Gasteiger partial charge >= 0.3 is 0 Å². The summed E-state index contributed by atoms with van der Waals surface area (Å²) in [6.07, 6.45) is 3.51. The average molecular weight is 400 g/mol. The second-order valence-electron chi connectivity index (χ2n) is 6.13. The number of benzene rings is 2. The van der Waals surface area contributed by atoms with Crippen LogP contribution in [0.4, 0.5) is 11.4 Å². The number of aryl methyl sites for hydroxylation is 2. The zero-order chi connectivity index (χ0) is 19.2. The van der Waals surface area contributed by atoms with Gasteiger partial charge < -0.3 is 10.6 Å². The van der Waals surface area contributed by atoms with Crippen molar-refractivity contribution < 1.29 is 4.79 Å². The first kappa shape index (κ1) is 19.4. The second-order valence-corrected chi connectivity index (χ2v) is 7.82. The topological polar surface area (TPSA) is 54.0 Å². The van der Waals surface area contributed by atoms with Crippen LogP contribution >= 0.6 is 22.9 Å². The molecule has 27 heavy (non-hydrogen) atoms. The molecule has 0 bridgehead atoms. The highest BCUT2D eigenvalue weighted by Gasteiger charge is 2.12. The van der Waals surface area contributed by atoms with Gasteiger partial charge in [-0.15, -0.1) is 11.3 Å². The van der Waals surface area contributed by atoms with Gasteiger partial charge in [-0.25, -0.2) is 4.98 Å². The molecule has 1 amide bonds. The van der Waals surface area contributed by atoms with Crippen molar-refractivity contribution in [3.63, 3.8) is 0 Å². The lowest BCUT2D eigenvalue weighted by Crippen LogP contribution is -2.15. The van der Waals surface area contributed by atoms with Crippen molar-refractivity contribution in [3.05, 3.63) is 74.7 Å². The van der Waals surface area contributed by atoms with Crippen LogP contribution in [-0.2, 0) is 19.4 Å². The molecule has 1 aromatic heterocycles. The lowest BCUT2D eigenvalue weighted by molar-refractivity contribution is 0.102. The van der Waals surface area contributed by atoms with Crippen molar-refractivity contribution in [1.29, 1.82) is 0 Å². The lowest BCUT2D eigenvalue weighted by atomic mass is 10.0. The monoisotopic (exact) mass is 399 g/mol. The molecule has 0 radical (unpaired) electrons. The minimum absolute atomic E-state index is 0.102. The van der Waals surface area contributed by atoms with E-state index in [9.17, 15) is 4.79 Å². The Morgan fingerprint density at radius 2 is 1.81 bits per heavy atom. The van der Waals surface area contributed by atoms with Crippen molar-refractivity contribution >= 4 is 40.2 Å². The summed E-state index contributed by atoms with van der Waals surface area (Å²) in [7, 11) is 0. The summed E-state index contributed by atoms with van der Waals surface area (Å²) in [5, 5.41) is 6.42. The number of nitrogens with zero attached hydrogens (tertiary/aromatic N) is 1. The van der Waals surface area contributed by atoms with Gasteiger partial charge in [-0.3, -0.25) is 4.79 Å². The average Bonchev–Trinajstić information content (AvgIpc) is 3.12.